The van der Waals surface area contributed by atoms with Gasteiger partial charge in [0.1, 0.15) is 11.5 Å². The fourth-order valence-electron chi connectivity index (χ4n) is 1.81. The van der Waals surface area contributed by atoms with Crippen LogP contribution in [0, 0.1) is 16.3 Å². The minimum atomic E-state index is -0.498. The van der Waals surface area contributed by atoms with Gasteiger partial charge < -0.3 is 10.4 Å². The first-order valence-corrected chi connectivity index (χ1v) is 6.93. The molecule has 1 aromatic carbocycles. The maximum absolute atomic E-state index is 13.4. The summed E-state index contributed by atoms with van der Waals surface area (Å²) in [6, 6.07) is 2.81. The summed E-state index contributed by atoms with van der Waals surface area (Å²) in [5.41, 5.74) is 1.15. The average Bonchev–Trinajstić information content (AvgIpc) is 2.67. The van der Waals surface area contributed by atoms with Gasteiger partial charge in [-0.05, 0) is 41.6 Å². The van der Waals surface area contributed by atoms with E-state index in [1.165, 1.54) is 18.2 Å². The zero-order valence-electron chi connectivity index (χ0n) is 10.6. The van der Waals surface area contributed by atoms with Crippen LogP contribution < -0.4 is 5.32 Å². The van der Waals surface area contributed by atoms with E-state index in [1.54, 1.807) is 6.92 Å². The highest BCUT2D eigenvalue weighted by molar-refractivity contribution is 14.1. The Bertz CT molecular complexity index is 616. The number of aliphatic hydroxyl groups excluding tert-OH is 1. The lowest BCUT2D eigenvalue weighted by atomic mass is 10.2. The summed E-state index contributed by atoms with van der Waals surface area (Å²) < 4.78 is 14.0. The minimum Gasteiger partial charge on any atom is -0.395 e. The summed E-state index contributed by atoms with van der Waals surface area (Å²) in [5.74, 6) is -1.30. The number of hydrogen-bond donors (Lipinski definition) is 2. The number of aliphatic hydroxyl groups is 1. The summed E-state index contributed by atoms with van der Waals surface area (Å²) in [6.45, 7) is 1.31. The molecule has 0 saturated carbocycles. The van der Waals surface area contributed by atoms with Gasteiger partial charge in [0.25, 0.3) is 11.8 Å². The Labute approximate surface area is 128 Å². The maximum atomic E-state index is 13.4. The second-order valence-corrected chi connectivity index (χ2v) is 5.31. The van der Waals surface area contributed by atoms with Crippen LogP contribution in [0.3, 0.4) is 0 Å². The number of rotatable bonds is 4. The van der Waals surface area contributed by atoms with Crippen molar-refractivity contribution in [2.24, 2.45) is 0 Å². The molecule has 1 heterocycles. The second kappa shape index (κ2) is 5.88. The van der Waals surface area contributed by atoms with Gasteiger partial charge in [-0.3, -0.25) is 14.5 Å². The monoisotopic (exact) mass is 390 g/mol. The van der Waals surface area contributed by atoms with E-state index in [1.807, 2.05) is 22.6 Å². The molecule has 0 spiro atoms. The van der Waals surface area contributed by atoms with Gasteiger partial charge in [0.15, 0.2) is 0 Å². The number of hydrogen-bond acceptors (Lipinski definition) is 4. The predicted octanol–water partition coefficient (Wildman–Crippen LogP) is 1.40. The highest BCUT2D eigenvalue weighted by atomic mass is 127. The van der Waals surface area contributed by atoms with E-state index in [4.69, 9.17) is 5.11 Å². The summed E-state index contributed by atoms with van der Waals surface area (Å²) in [6.07, 6.45) is 1.17. The molecule has 20 heavy (non-hydrogen) atoms. The first-order valence-electron chi connectivity index (χ1n) is 5.85. The molecule has 0 unspecified atom stereocenters. The molecule has 2 N–H and O–H groups in total. The fourth-order valence-corrected chi connectivity index (χ4v) is 2.39. The lowest BCUT2D eigenvalue weighted by molar-refractivity contribution is -0.137. The fraction of sp³-hybridized carbons (Fsp3) is 0.231. The number of carbonyl (C=O) groups is 2. The largest absolute Gasteiger partial charge is 0.395 e. The van der Waals surface area contributed by atoms with E-state index < -0.39 is 11.8 Å². The lowest BCUT2D eigenvalue weighted by Gasteiger charge is -2.14. The van der Waals surface area contributed by atoms with Crippen LogP contribution in [0.1, 0.15) is 5.56 Å². The average molecular weight is 390 g/mol. The van der Waals surface area contributed by atoms with Crippen LogP contribution in [-0.2, 0) is 9.59 Å². The molecular weight excluding hydrogens is 378 g/mol. The van der Waals surface area contributed by atoms with Gasteiger partial charge in [-0.15, -0.1) is 0 Å². The second-order valence-electron chi connectivity index (χ2n) is 4.24. The zero-order chi connectivity index (χ0) is 14.9. The molecule has 0 radical (unpaired) electrons. The van der Waals surface area contributed by atoms with Crippen LogP contribution in [0.4, 0.5) is 10.1 Å². The normalized spacial score (nSPS) is 14.8. The quantitative estimate of drug-likeness (QED) is 0.603. The Balaban J connectivity index is 2.24. The predicted molar refractivity (Wildman–Crippen MR) is 79.4 cm³/mol. The standard InChI is InChI=1S/C13H12FIN2O3/c1-7-8(14)2-3-9(12(7)15)16-10-6-11(19)17(4-5-18)13(10)20/h2-3,6,16,18H,4-5H2,1H3. The molecule has 7 heteroatoms. The first-order chi connectivity index (χ1) is 9.45. The van der Waals surface area contributed by atoms with Gasteiger partial charge in [0.05, 0.1) is 18.8 Å². The van der Waals surface area contributed by atoms with Gasteiger partial charge in [0, 0.05) is 15.2 Å². The van der Waals surface area contributed by atoms with Crippen molar-refractivity contribution >= 4 is 40.1 Å². The van der Waals surface area contributed by atoms with E-state index in [2.05, 4.69) is 5.32 Å². The number of nitrogens with zero attached hydrogens (tertiary/aromatic N) is 1. The van der Waals surface area contributed by atoms with Crippen molar-refractivity contribution in [1.29, 1.82) is 0 Å². The maximum Gasteiger partial charge on any atom is 0.277 e. The van der Waals surface area contributed by atoms with Gasteiger partial charge in [-0.1, -0.05) is 0 Å². The van der Waals surface area contributed by atoms with Crippen LogP contribution in [0.15, 0.2) is 23.9 Å². The van der Waals surface area contributed by atoms with Gasteiger partial charge >= 0.3 is 0 Å². The molecule has 0 bridgehead atoms. The minimum absolute atomic E-state index is 0.0428. The van der Waals surface area contributed by atoms with E-state index in [9.17, 15) is 14.0 Å². The smallest absolute Gasteiger partial charge is 0.277 e. The van der Waals surface area contributed by atoms with E-state index in [0.29, 0.717) is 14.8 Å². The van der Waals surface area contributed by atoms with Crippen LogP contribution in [0.5, 0.6) is 0 Å². The van der Waals surface area contributed by atoms with Crippen molar-refractivity contribution in [2.75, 3.05) is 18.5 Å². The van der Waals surface area contributed by atoms with Crippen LogP contribution in [0.25, 0.3) is 0 Å². The molecule has 2 amide bonds. The Morgan fingerprint density at radius 3 is 2.75 bits per heavy atom. The zero-order valence-corrected chi connectivity index (χ0v) is 12.8. The SMILES string of the molecule is Cc1c(F)ccc(NC2=CC(=O)N(CCO)C2=O)c1I. The molecule has 0 atom stereocenters. The van der Waals surface area contributed by atoms with Crippen molar-refractivity contribution < 1.29 is 19.1 Å². The van der Waals surface area contributed by atoms with Crippen LogP contribution in [-0.4, -0.2) is 35.0 Å². The molecule has 1 aliphatic heterocycles. The topological polar surface area (TPSA) is 69.6 Å². The molecule has 0 aromatic heterocycles. The molecule has 0 aliphatic carbocycles. The van der Waals surface area contributed by atoms with E-state index in [0.717, 1.165) is 4.90 Å². The molecule has 0 saturated heterocycles. The van der Waals surface area contributed by atoms with E-state index in [-0.39, 0.29) is 24.7 Å². The number of β-amino-alcohol motifs (C(OH)–C–C–N with tert-alkyl or cyclic N) is 1. The lowest BCUT2D eigenvalue weighted by Crippen LogP contribution is -2.34. The third kappa shape index (κ3) is 2.68. The molecule has 1 aromatic rings. The molecule has 0 fully saturated rings. The number of carbonyl (C=O) groups excluding carboxylic acids is 2. The Kier molecular flexibility index (Phi) is 4.39. The Hall–Kier alpha value is -1.48. The molecule has 1 aliphatic rings. The highest BCUT2D eigenvalue weighted by Gasteiger charge is 2.30. The third-order valence-corrected chi connectivity index (χ3v) is 4.31. The van der Waals surface area contributed by atoms with Crippen molar-refractivity contribution in [2.45, 2.75) is 6.92 Å². The Morgan fingerprint density at radius 1 is 1.40 bits per heavy atom. The van der Waals surface area contributed by atoms with Crippen LogP contribution in [0.2, 0.25) is 0 Å². The van der Waals surface area contributed by atoms with Crippen molar-refractivity contribution in [3.8, 4) is 0 Å². The molecule has 106 valence electrons. The van der Waals surface area contributed by atoms with Crippen LogP contribution >= 0.6 is 22.6 Å². The van der Waals surface area contributed by atoms with E-state index >= 15 is 0 Å². The highest BCUT2D eigenvalue weighted by Crippen LogP contribution is 2.26. The van der Waals surface area contributed by atoms with Crippen molar-refractivity contribution in [3.63, 3.8) is 0 Å². The van der Waals surface area contributed by atoms with Crippen molar-refractivity contribution in [1.82, 2.24) is 4.90 Å². The molecular formula is C13H12FIN2O3. The van der Waals surface area contributed by atoms with Gasteiger partial charge in [-0.25, -0.2) is 4.39 Å². The summed E-state index contributed by atoms with van der Waals surface area (Å²) in [5, 5.41) is 11.7. The number of nitrogens with one attached hydrogen (secondary N) is 1. The first kappa shape index (κ1) is 14.9. The van der Waals surface area contributed by atoms with Crippen molar-refractivity contribution in [3.05, 3.63) is 38.9 Å². The molecule has 5 nitrogen and oxygen atoms in total. The molecule has 2 rings (SSSR count). The summed E-state index contributed by atoms with van der Waals surface area (Å²) in [4.78, 5) is 24.5. The summed E-state index contributed by atoms with van der Waals surface area (Å²) in [7, 11) is 0. The van der Waals surface area contributed by atoms with Gasteiger partial charge in [0.2, 0.25) is 0 Å². The summed E-state index contributed by atoms with van der Waals surface area (Å²) >= 11 is 1.97. The number of imide groups is 1. The number of amides is 2. The Morgan fingerprint density at radius 2 is 2.10 bits per heavy atom. The van der Waals surface area contributed by atoms with Gasteiger partial charge in [-0.2, -0.15) is 0 Å². The third-order valence-electron chi connectivity index (χ3n) is 2.92. The number of halogens is 2. The number of benzene rings is 1. The number of anilines is 1.